The van der Waals surface area contributed by atoms with Crippen molar-refractivity contribution in [2.75, 3.05) is 6.54 Å². The van der Waals surface area contributed by atoms with E-state index in [1.54, 1.807) is 0 Å². The maximum atomic E-state index is 13.1. The molecule has 1 aromatic heterocycles. The summed E-state index contributed by atoms with van der Waals surface area (Å²) in [5.41, 5.74) is 2.21. The predicted molar refractivity (Wildman–Crippen MR) is 79.2 cm³/mol. The zero-order valence-electron chi connectivity index (χ0n) is 12.3. The molecule has 0 aliphatic heterocycles. The van der Waals surface area contributed by atoms with E-state index in [-0.39, 0.29) is 5.82 Å². The Morgan fingerprint density at radius 1 is 1.20 bits per heavy atom. The highest BCUT2D eigenvalue weighted by molar-refractivity contribution is 5.22. The number of nitrogens with zero attached hydrogens (tertiary/aromatic N) is 2. The highest BCUT2D eigenvalue weighted by Crippen LogP contribution is 2.20. The Labute approximate surface area is 119 Å². The lowest BCUT2D eigenvalue weighted by atomic mass is 9.94. The summed E-state index contributed by atoms with van der Waals surface area (Å²) >= 11 is 0. The van der Waals surface area contributed by atoms with Gasteiger partial charge in [-0.25, -0.2) is 4.39 Å². The molecule has 4 heteroatoms. The van der Waals surface area contributed by atoms with Crippen LogP contribution in [0.3, 0.4) is 0 Å². The average Bonchev–Trinajstić information content (AvgIpc) is 2.81. The molecule has 0 radical (unpaired) electrons. The van der Waals surface area contributed by atoms with Crippen LogP contribution in [0.25, 0.3) is 0 Å². The smallest absolute Gasteiger partial charge is 0.123 e. The molecule has 0 fully saturated rings. The fourth-order valence-corrected chi connectivity index (χ4v) is 2.25. The Hall–Kier alpha value is -1.68. The topological polar surface area (TPSA) is 29.9 Å². The number of aryl methyl sites for hydroxylation is 1. The molecule has 0 aliphatic carbocycles. The molecule has 1 unspecified atom stereocenters. The summed E-state index contributed by atoms with van der Waals surface area (Å²) < 4.78 is 14.9. The van der Waals surface area contributed by atoms with E-state index in [1.807, 2.05) is 36.1 Å². The van der Waals surface area contributed by atoms with Gasteiger partial charge in [-0.15, -0.1) is 0 Å². The fraction of sp³-hybridized carbons (Fsp3) is 0.438. The lowest BCUT2D eigenvalue weighted by Gasteiger charge is -2.19. The molecule has 0 amide bonds. The summed E-state index contributed by atoms with van der Waals surface area (Å²) in [4.78, 5) is 0. The lowest BCUT2D eigenvalue weighted by Crippen LogP contribution is -2.29. The maximum Gasteiger partial charge on any atom is 0.123 e. The van der Waals surface area contributed by atoms with Gasteiger partial charge >= 0.3 is 0 Å². The summed E-state index contributed by atoms with van der Waals surface area (Å²) in [6.07, 6.45) is 2.80. The van der Waals surface area contributed by atoms with E-state index in [0.29, 0.717) is 12.0 Å². The fourth-order valence-electron chi connectivity index (χ4n) is 2.25. The van der Waals surface area contributed by atoms with E-state index in [9.17, 15) is 4.39 Å². The molecule has 1 N–H and O–H groups in total. The molecule has 108 valence electrons. The number of halogens is 1. The normalized spacial score (nSPS) is 12.8. The van der Waals surface area contributed by atoms with Gasteiger partial charge in [-0.3, -0.25) is 4.68 Å². The zero-order valence-corrected chi connectivity index (χ0v) is 12.3. The van der Waals surface area contributed by atoms with Crippen molar-refractivity contribution in [2.24, 2.45) is 7.05 Å². The molecule has 0 saturated heterocycles. The molecule has 1 aromatic carbocycles. The van der Waals surface area contributed by atoms with Crippen LogP contribution < -0.4 is 5.32 Å². The summed E-state index contributed by atoms with van der Waals surface area (Å²) in [6.45, 7) is 5.12. The van der Waals surface area contributed by atoms with Crippen molar-refractivity contribution in [3.8, 4) is 0 Å². The first-order valence-electron chi connectivity index (χ1n) is 7.02. The third-order valence-electron chi connectivity index (χ3n) is 3.34. The molecule has 3 nitrogen and oxygen atoms in total. The van der Waals surface area contributed by atoms with Crippen LogP contribution in [0.5, 0.6) is 0 Å². The van der Waals surface area contributed by atoms with Crippen molar-refractivity contribution in [2.45, 2.75) is 32.2 Å². The number of benzene rings is 1. The SMILES string of the molecule is CC(C)NCC(Cc1ccn(C)n1)c1ccc(F)cc1. The highest BCUT2D eigenvalue weighted by Gasteiger charge is 2.14. The van der Waals surface area contributed by atoms with Crippen LogP contribution in [0.15, 0.2) is 36.5 Å². The Bertz CT molecular complexity index is 531. The zero-order chi connectivity index (χ0) is 14.5. The molecule has 0 bridgehead atoms. The van der Waals surface area contributed by atoms with Crippen molar-refractivity contribution in [3.63, 3.8) is 0 Å². The van der Waals surface area contributed by atoms with E-state index in [0.717, 1.165) is 24.2 Å². The largest absolute Gasteiger partial charge is 0.314 e. The molecule has 0 aliphatic rings. The van der Waals surface area contributed by atoms with Gasteiger partial charge in [-0.2, -0.15) is 5.10 Å². The monoisotopic (exact) mass is 275 g/mol. The van der Waals surface area contributed by atoms with Gasteiger partial charge in [0, 0.05) is 31.7 Å². The molecule has 1 atom stereocenters. The van der Waals surface area contributed by atoms with E-state index in [4.69, 9.17) is 0 Å². The quantitative estimate of drug-likeness (QED) is 0.878. The molecule has 20 heavy (non-hydrogen) atoms. The van der Waals surface area contributed by atoms with Gasteiger partial charge in [-0.05, 0) is 30.2 Å². The van der Waals surface area contributed by atoms with Gasteiger partial charge in [-0.1, -0.05) is 26.0 Å². The minimum Gasteiger partial charge on any atom is -0.314 e. The van der Waals surface area contributed by atoms with Crippen LogP contribution in [0.2, 0.25) is 0 Å². The highest BCUT2D eigenvalue weighted by atomic mass is 19.1. The standard InChI is InChI=1S/C16H22FN3/c1-12(2)18-11-14(10-16-8-9-20(3)19-16)13-4-6-15(17)7-5-13/h4-9,12,14,18H,10-11H2,1-3H3. The molecule has 0 spiro atoms. The Kier molecular flexibility index (Phi) is 4.90. The minimum atomic E-state index is -0.192. The van der Waals surface area contributed by atoms with E-state index < -0.39 is 0 Å². The maximum absolute atomic E-state index is 13.1. The van der Waals surface area contributed by atoms with Gasteiger partial charge in [0.25, 0.3) is 0 Å². The first-order valence-corrected chi connectivity index (χ1v) is 7.02. The van der Waals surface area contributed by atoms with Crippen molar-refractivity contribution in [1.29, 1.82) is 0 Å². The van der Waals surface area contributed by atoms with Crippen LogP contribution in [0.4, 0.5) is 4.39 Å². The van der Waals surface area contributed by atoms with Gasteiger partial charge in [0.2, 0.25) is 0 Å². The Balaban J connectivity index is 2.13. The van der Waals surface area contributed by atoms with Gasteiger partial charge in [0.1, 0.15) is 5.82 Å². The van der Waals surface area contributed by atoms with Crippen LogP contribution in [0, 0.1) is 5.82 Å². The molecule has 1 heterocycles. The minimum absolute atomic E-state index is 0.192. The van der Waals surface area contributed by atoms with Crippen molar-refractivity contribution in [1.82, 2.24) is 15.1 Å². The predicted octanol–water partition coefficient (Wildman–Crippen LogP) is 2.88. The number of rotatable bonds is 6. The lowest BCUT2D eigenvalue weighted by molar-refractivity contribution is 0.521. The number of aromatic nitrogens is 2. The van der Waals surface area contributed by atoms with E-state index in [1.165, 1.54) is 12.1 Å². The first kappa shape index (κ1) is 14.7. The van der Waals surface area contributed by atoms with Crippen molar-refractivity contribution >= 4 is 0 Å². The second kappa shape index (κ2) is 6.66. The summed E-state index contributed by atoms with van der Waals surface area (Å²) in [5.74, 6) is 0.107. The van der Waals surface area contributed by atoms with Crippen molar-refractivity contribution in [3.05, 3.63) is 53.6 Å². The molecular formula is C16H22FN3. The molecular weight excluding hydrogens is 253 g/mol. The van der Waals surface area contributed by atoms with Crippen LogP contribution >= 0.6 is 0 Å². The molecule has 2 rings (SSSR count). The average molecular weight is 275 g/mol. The van der Waals surface area contributed by atoms with Crippen molar-refractivity contribution < 1.29 is 4.39 Å². The van der Waals surface area contributed by atoms with Gasteiger partial charge in [0.15, 0.2) is 0 Å². The van der Waals surface area contributed by atoms with E-state index in [2.05, 4.69) is 24.3 Å². The molecule has 2 aromatic rings. The summed E-state index contributed by atoms with van der Waals surface area (Å²) in [5, 5.41) is 7.89. The number of hydrogen-bond acceptors (Lipinski definition) is 2. The second-order valence-electron chi connectivity index (χ2n) is 5.50. The van der Waals surface area contributed by atoms with Crippen LogP contribution in [-0.2, 0) is 13.5 Å². The molecule has 0 saturated carbocycles. The number of nitrogens with one attached hydrogen (secondary N) is 1. The van der Waals surface area contributed by atoms with Crippen LogP contribution in [0.1, 0.15) is 31.0 Å². The van der Waals surface area contributed by atoms with Crippen LogP contribution in [-0.4, -0.2) is 22.4 Å². The first-order chi connectivity index (χ1) is 9.54. The Morgan fingerprint density at radius 2 is 1.90 bits per heavy atom. The second-order valence-corrected chi connectivity index (χ2v) is 5.50. The number of hydrogen-bond donors (Lipinski definition) is 1. The van der Waals surface area contributed by atoms with Gasteiger partial charge in [0.05, 0.1) is 5.69 Å². The van der Waals surface area contributed by atoms with Gasteiger partial charge < -0.3 is 5.32 Å². The third kappa shape index (κ3) is 4.17. The summed E-state index contributed by atoms with van der Waals surface area (Å²) in [7, 11) is 1.92. The summed E-state index contributed by atoms with van der Waals surface area (Å²) in [6, 6.07) is 9.25. The Morgan fingerprint density at radius 3 is 2.45 bits per heavy atom. The van der Waals surface area contributed by atoms with E-state index >= 15 is 0 Å². The third-order valence-corrected chi connectivity index (χ3v) is 3.34.